The smallest absolute Gasteiger partial charge is 0.258 e. The van der Waals surface area contributed by atoms with Crippen LogP contribution in [0.5, 0.6) is 5.75 Å². The van der Waals surface area contributed by atoms with E-state index >= 15 is 0 Å². The Labute approximate surface area is 128 Å². The molecule has 5 nitrogen and oxygen atoms in total. The molecule has 0 radical (unpaired) electrons. The molecule has 6 heteroatoms. The van der Waals surface area contributed by atoms with Gasteiger partial charge in [0.05, 0.1) is 16.7 Å². The van der Waals surface area contributed by atoms with E-state index in [0.717, 1.165) is 15.6 Å². The Morgan fingerprint density at radius 2 is 2.24 bits per heavy atom. The second kappa shape index (κ2) is 6.58. The highest BCUT2D eigenvalue weighted by atomic mass is 32.1. The topological polar surface area (TPSA) is 77.2 Å². The molecule has 0 fully saturated rings. The number of hydrogen-bond donors (Lipinski definition) is 2. The Bertz CT molecular complexity index is 640. The number of nitrogens with zero attached hydrogens (tertiary/aromatic N) is 1. The lowest BCUT2D eigenvalue weighted by Gasteiger charge is -2.13. The van der Waals surface area contributed by atoms with Gasteiger partial charge in [-0.3, -0.25) is 4.79 Å². The first-order chi connectivity index (χ1) is 9.95. The van der Waals surface area contributed by atoms with Crippen molar-refractivity contribution in [1.29, 1.82) is 0 Å². The van der Waals surface area contributed by atoms with Gasteiger partial charge in [-0.2, -0.15) is 0 Å². The van der Waals surface area contributed by atoms with Crippen molar-refractivity contribution in [2.45, 2.75) is 26.8 Å². The standard InChI is InChI=1S/C15H19N3O2S/c1-9-15(21-11(3)17-9)10(2)18-14(19)8-20-13-6-4-5-12(16)7-13/h4-7,10H,8,16H2,1-3H3,(H,18,19). The summed E-state index contributed by atoms with van der Waals surface area (Å²) in [7, 11) is 0. The number of nitrogens with two attached hydrogens (primary N) is 1. The van der Waals surface area contributed by atoms with Gasteiger partial charge in [0.1, 0.15) is 5.75 Å². The number of carbonyl (C=O) groups excluding carboxylic acids is 1. The molecule has 1 amide bonds. The van der Waals surface area contributed by atoms with Crippen LogP contribution >= 0.6 is 11.3 Å². The summed E-state index contributed by atoms with van der Waals surface area (Å²) < 4.78 is 5.42. The highest BCUT2D eigenvalue weighted by Gasteiger charge is 2.15. The fraction of sp³-hybridized carbons (Fsp3) is 0.333. The van der Waals surface area contributed by atoms with Crippen molar-refractivity contribution in [3.8, 4) is 5.75 Å². The lowest BCUT2D eigenvalue weighted by atomic mass is 10.2. The molecule has 0 bridgehead atoms. The Morgan fingerprint density at radius 3 is 2.86 bits per heavy atom. The van der Waals surface area contributed by atoms with E-state index < -0.39 is 0 Å². The first-order valence-electron chi connectivity index (χ1n) is 6.67. The molecule has 0 aliphatic rings. The normalized spacial score (nSPS) is 12.0. The van der Waals surface area contributed by atoms with Crippen LogP contribution in [0.25, 0.3) is 0 Å². The van der Waals surface area contributed by atoms with Crippen molar-refractivity contribution in [2.24, 2.45) is 0 Å². The number of thiazole rings is 1. The van der Waals surface area contributed by atoms with Crippen molar-refractivity contribution in [3.05, 3.63) is 39.8 Å². The Balaban J connectivity index is 1.88. The van der Waals surface area contributed by atoms with Crippen molar-refractivity contribution >= 4 is 22.9 Å². The van der Waals surface area contributed by atoms with Crippen molar-refractivity contribution in [3.63, 3.8) is 0 Å². The van der Waals surface area contributed by atoms with Crippen LogP contribution in [0.4, 0.5) is 5.69 Å². The van der Waals surface area contributed by atoms with E-state index in [1.165, 1.54) is 0 Å². The summed E-state index contributed by atoms with van der Waals surface area (Å²) in [5.41, 5.74) is 7.22. The molecule has 0 aliphatic heterocycles. The molecule has 2 aromatic rings. The zero-order valence-electron chi connectivity index (χ0n) is 12.3. The molecule has 112 valence electrons. The number of anilines is 1. The summed E-state index contributed by atoms with van der Waals surface area (Å²) >= 11 is 1.60. The Morgan fingerprint density at radius 1 is 1.48 bits per heavy atom. The summed E-state index contributed by atoms with van der Waals surface area (Å²) in [5.74, 6) is 0.415. The molecular formula is C15H19N3O2S. The quantitative estimate of drug-likeness (QED) is 0.832. The average Bonchev–Trinajstić information content (AvgIpc) is 2.75. The number of carbonyl (C=O) groups is 1. The maximum atomic E-state index is 11.9. The van der Waals surface area contributed by atoms with E-state index in [1.54, 1.807) is 35.6 Å². The first-order valence-corrected chi connectivity index (χ1v) is 7.49. The van der Waals surface area contributed by atoms with Crippen LogP contribution < -0.4 is 15.8 Å². The van der Waals surface area contributed by atoms with E-state index in [4.69, 9.17) is 10.5 Å². The number of rotatable bonds is 5. The molecule has 21 heavy (non-hydrogen) atoms. The predicted octanol–water partition coefficient (Wildman–Crippen LogP) is 2.60. The third-order valence-corrected chi connectivity index (χ3v) is 4.19. The maximum absolute atomic E-state index is 11.9. The third-order valence-electron chi connectivity index (χ3n) is 2.94. The second-order valence-electron chi connectivity index (χ2n) is 4.83. The number of ether oxygens (including phenoxy) is 1. The van der Waals surface area contributed by atoms with E-state index in [1.807, 2.05) is 20.8 Å². The van der Waals surface area contributed by atoms with E-state index in [2.05, 4.69) is 10.3 Å². The molecule has 1 unspecified atom stereocenters. The molecule has 0 saturated heterocycles. The largest absolute Gasteiger partial charge is 0.484 e. The summed E-state index contributed by atoms with van der Waals surface area (Å²) in [6.45, 7) is 5.81. The highest BCUT2D eigenvalue weighted by Crippen LogP contribution is 2.24. The monoisotopic (exact) mass is 305 g/mol. The minimum Gasteiger partial charge on any atom is -0.484 e. The molecule has 1 heterocycles. The lowest BCUT2D eigenvalue weighted by Crippen LogP contribution is -2.31. The van der Waals surface area contributed by atoms with Gasteiger partial charge in [0.15, 0.2) is 6.61 Å². The molecular weight excluding hydrogens is 286 g/mol. The molecule has 2 rings (SSSR count). The molecule has 0 aliphatic carbocycles. The highest BCUT2D eigenvalue weighted by molar-refractivity contribution is 7.11. The second-order valence-corrected chi connectivity index (χ2v) is 6.07. The van der Waals surface area contributed by atoms with Gasteiger partial charge >= 0.3 is 0 Å². The van der Waals surface area contributed by atoms with Crippen LogP contribution in [-0.2, 0) is 4.79 Å². The minimum absolute atomic E-state index is 0.0371. The minimum atomic E-state index is -0.171. The van der Waals surface area contributed by atoms with Gasteiger partial charge in [-0.1, -0.05) is 6.07 Å². The lowest BCUT2D eigenvalue weighted by molar-refractivity contribution is -0.123. The van der Waals surface area contributed by atoms with Gasteiger partial charge in [-0.25, -0.2) is 4.98 Å². The zero-order valence-corrected chi connectivity index (χ0v) is 13.2. The summed E-state index contributed by atoms with van der Waals surface area (Å²) in [5, 5.41) is 3.91. The molecule has 0 spiro atoms. The summed E-state index contributed by atoms with van der Waals surface area (Å²) in [6, 6.07) is 6.93. The summed E-state index contributed by atoms with van der Waals surface area (Å²) in [6.07, 6.45) is 0. The van der Waals surface area contributed by atoms with Crippen molar-refractivity contribution in [1.82, 2.24) is 10.3 Å². The van der Waals surface area contributed by atoms with E-state index in [0.29, 0.717) is 11.4 Å². The van der Waals surface area contributed by atoms with Gasteiger partial charge in [-0.05, 0) is 32.9 Å². The number of hydrogen-bond acceptors (Lipinski definition) is 5. The average molecular weight is 305 g/mol. The van der Waals surface area contributed by atoms with Crippen molar-refractivity contribution < 1.29 is 9.53 Å². The molecule has 1 aromatic heterocycles. The van der Waals surface area contributed by atoms with Crippen LogP contribution in [-0.4, -0.2) is 17.5 Å². The molecule has 3 N–H and O–H groups in total. The fourth-order valence-corrected chi connectivity index (χ4v) is 2.98. The Kier molecular flexibility index (Phi) is 4.80. The molecule has 0 saturated carbocycles. The van der Waals surface area contributed by atoms with Crippen LogP contribution in [0.1, 0.15) is 28.5 Å². The third kappa shape index (κ3) is 4.19. The van der Waals surface area contributed by atoms with Crippen LogP contribution in [0.2, 0.25) is 0 Å². The van der Waals surface area contributed by atoms with Gasteiger partial charge in [0.2, 0.25) is 0 Å². The van der Waals surface area contributed by atoms with Crippen molar-refractivity contribution in [2.75, 3.05) is 12.3 Å². The maximum Gasteiger partial charge on any atom is 0.258 e. The SMILES string of the molecule is Cc1nc(C)c(C(C)NC(=O)COc2cccc(N)c2)s1. The Hall–Kier alpha value is -2.08. The van der Waals surface area contributed by atoms with Gasteiger partial charge in [0.25, 0.3) is 5.91 Å². The number of aromatic nitrogens is 1. The van der Waals surface area contributed by atoms with E-state index in [9.17, 15) is 4.79 Å². The number of nitrogens with one attached hydrogen (secondary N) is 1. The molecule has 1 aromatic carbocycles. The van der Waals surface area contributed by atoms with Crippen LogP contribution in [0, 0.1) is 13.8 Å². The molecule has 1 atom stereocenters. The summed E-state index contributed by atoms with van der Waals surface area (Å²) in [4.78, 5) is 17.4. The van der Waals surface area contributed by atoms with Gasteiger partial charge in [-0.15, -0.1) is 11.3 Å². The number of aryl methyl sites for hydroxylation is 2. The fourth-order valence-electron chi connectivity index (χ4n) is 2.05. The van der Waals surface area contributed by atoms with Gasteiger partial charge < -0.3 is 15.8 Å². The van der Waals surface area contributed by atoms with Crippen LogP contribution in [0.3, 0.4) is 0 Å². The van der Waals surface area contributed by atoms with Gasteiger partial charge in [0, 0.05) is 16.6 Å². The zero-order chi connectivity index (χ0) is 15.4. The van der Waals surface area contributed by atoms with E-state index in [-0.39, 0.29) is 18.6 Å². The number of benzene rings is 1. The predicted molar refractivity (Wildman–Crippen MR) is 84.5 cm³/mol. The first kappa shape index (κ1) is 15.3. The number of amides is 1. The number of nitrogen functional groups attached to an aromatic ring is 1. The van der Waals surface area contributed by atoms with Crippen LogP contribution in [0.15, 0.2) is 24.3 Å².